The molecule has 0 fully saturated rings. The lowest BCUT2D eigenvalue weighted by Crippen LogP contribution is -2.28. The summed E-state index contributed by atoms with van der Waals surface area (Å²) in [4.78, 5) is 12.4. The van der Waals surface area contributed by atoms with E-state index in [1.807, 2.05) is 50.3 Å². The first-order chi connectivity index (χ1) is 20.1. The van der Waals surface area contributed by atoms with Crippen LogP contribution < -0.4 is 0 Å². The van der Waals surface area contributed by atoms with E-state index in [1.54, 1.807) is 6.08 Å². The fourth-order valence-corrected chi connectivity index (χ4v) is 5.28. The second-order valence-corrected chi connectivity index (χ2v) is 13.4. The van der Waals surface area contributed by atoms with E-state index in [-0.39, 0.29) is 23.2 Å². The maximum atomic E-state index is 12.4. The number of rotatable bonds is 15. The van der Waals surface area contributed by atoms with Gasteiger partial charge < -0.3 is 10.2 Å². The predicted molar refractivity (Wildman–Crippen MR) is 187 cm³/mol. The molecule has 2 N–H and O–H groups in total. The van der Waals surface area contributed by atoms with Crippen molar-refractivity contribution in [3.05, 3.63) is 119 Å². The Morgan fingerprint density at radius 2 is 1.28 bits per heavy atom. The van der Waals surface area contributed by atoms with Crippen LogP contribution in [-0.2, 0) is 4.79 Å². The summed E-state index contributed by atoms with van der Waals surface area (Å²) in [6, 6.07) is 0. The van der Waals surface area contributed by atoms with Crippen molar-refractivity contribution in [2.45, 2.75) is 107 Å². The van der Waals surface area contributed by atoms with Gasteiger partial charge in [0.25, 0.3) is 0 Å². The summed E-state index contributed by atoms with van der Waals surface area (Å²) in [5, 5.41) is 20.2. The van der Waals surface area contributed by atoms with Gasteiger partial charge in [0.1, 0.15) is 0 Å². The van der Waals surface area contributed by atoms with E-state index in [1.165, 1.54) is 16.7 Å². The maximum Gasteiger partial charge on any atom is 0.158 e. The molecule has 3 atom stereocenters. The number of aliphatic hydroxyl groups excluding tert-OH is 2. The van der Waals surface area contributed by atoms with Crippen LogP contribution >= 0.6 is 0 Å². The molecule has 0 aromatic rings. The van der Waals surface area contributed by atoms with Crippen LogP contribution in [0, 0.1) is 17.3 Å². The summed E-state index contributed by atoms with van der Waals surface area (Å²) in [7, 11) is 0. The lowest BCUT2D eigenvalue weighted by molar-refractivity contribution is -0.118. The van der Waals surface area contributed by atoms with Gasteiger partial charge in [-0.05, 0) is 83.3 Å². The normalized spacial score (nSPS) is 21.1. The van der Waals surface area contributed by atoms with E-state index in [4.69, 9.17) is 0 Å². The summed E-state index contributed by atoms with van der Waals surface area (Å²) in [6.07, 6.45) is 30.5. The average Bonchev–Trinajstić information content (AvgIpc) is 2.88. The second-order valence-electron chi connectivity index (χ2n) is 13.4. The summed E-state index contributed by atoms with van der Waals surface area (Å²) >= 11 is 0. The number of aliphatic hydroxyl groups is 2. The van der Waals surface area contributed by atoms with Gasteiger partial charge in [0.2, 0.25) is 0 Å². The third-order valence-corrected chi connectivity index (χ3v) is 7.62. The molecule has 0 heterocycles. The van der Waals surface area contributed by atoms with Gasteiger partial charge in [-0.2, -0.15) is 0 Å². The van der Waals surface area contributed by atoms with Crippen LogP contribution in [0.2, 0.25) is 0 Å². The van der Waals surface area contributed by atoms with Crippen LogP contribution in [0.25, 0.3) is 0 Å². The van der Waals surface area contributed by atoms with Crippen molar-refractivity contribution < 1.29 is 15.0 Å². The first-order valence-electron chi connectivity index (χ1n) is 15.8. The molecule has 0 saturated heterocycles. The second kappa shape index (κ2) is 19.3. The summed E-state index contributed by atoms with van der Waals surface area (Å²) in [5.74, 6) is 0.294. The fraction of sp³-hybridized carbons (Fsp3) is 0.475. The molecule has 0 aromatic carbocycles. The maximum absolute atomic E-state index is 12.4. The van der Waals surface area contributed by atoms with Crippen molar-refractivity contribution >= 4 is 5.78 Å². The predicted octanol–water partition coefficient (Wildman–Crippen LogP) is 10.1. The van der Waals surface area contributed by atoms with E-state index < -0.39 is 6.10 Å². The van der Waals surface area contributed by atoms with E-state index in [0.717, 1.165) is 36.0 Å². The lowest BCUT2D eigenvalue weighted by Gasteiger charge is -2.35. The molecule has 236 valence electrons. The van der Waals surface area contributed by atoms with Gasteiger partial charge in [-0.3, -0.25) is 4.79 Å². The zero-order valence-electron chi connectivity index (χ0n) is 28.5. The van der Waals surface area contributed by atoms with Crippen LogP contribution in [0.4, 0.5) is 0 Å². The van der Waals surface area contributed by atoms with Gasteiger partial charge in [-0.1, -0.05) is 141 Å². The minimum absolute atomic E-state index is 0.00500. The topological polar surface area (TPSA) is 57.5 Å². The van der Waals surface area contributed by atoms with Crippen molar-refractivity contribution in [1.82, 2.24) is 0 Å². The van der Waals surface area contributed by atoms with Crippen molar-refractivity contribution in [3.8, 4) is 0 Å². The Balaban J connectivity index is 2.61. The first kappa shape index (κ1) is 38.0. The van der Waals surface area contributed by atoms with Crippen LogP contribution in [0.1, 0.15) is 94.9 Å². The molecular formula is C40H58O3. The number of carbonyl (C=O) groups excluding carboxylic acids is 1. The number of hydrogen-bond acceptors (Lipinski definition) is 3. The van der Waals surface area contributed by atoms with Crippen LogP contribution in [0.3, 0.4) is 0 Å². The van der Waals surface area contributed by atoms with Gasteiger partial charge in [0.15, 0.2) is 5.78 Å². The zero-order chi connectivity index (χ0) is 32.6. The molecule has 1 aliphatic rings. The summed E-state index contributed by atoms with van der Waals surface area (Å²) in [5.41, 5.74) is 7.08. The molecule has 3 nitrogen and oxygen atoms in total. The Morgan fingerprint density at radius 3 is 1.79 bits per heavy atom. The molecule has 3 heteroatoms. The molecule has 0 amide bonds. The SMILES string of the molecule is CC(C=CC=C(C)C=CC(=O)C(C)CC(O)CC(C)C)=CC=CC=C(C)C=CC=C(C)C=CC1=C(C)CC(O)CC1(C)C. The van der Waals surface area contributed by atoms with Gasteiger partial charge in [0.05, 0.1) is 12.2 Å². The highest BCUT2D eigenvalue weighted by atomic mass is 16.3. The quantitative estimate of drug-likeness (QED) is 0.148. The minimum atomic E-state index is -0.425. The molecule has 3 unspecified atom stereocenters. The van der Waals surface area contributed by atoms with Crippen LogP contribution in [-0.4, -0.2) is 28.2 Å². The third kappa shape index (κ3) is 16.4. The van der Waals surface area contributed by atoms with Crippen LogP contribution in [0.15, 0.2) is 119 Å². The number of ketones is 1. The van der Waals surface area contributed by atoms with Crippen molar-refractivity contribution in [2.75, 3.05) is 0 Å². The van der Waals surface area contributed by atoms with Gasteiger partial charge >= 0.3 is 0 Å². The molecule has 0 aliphatic heterocycles. The molecule has 0 spiro atoms. The third-order valence-electron chi connectivity index (χ3n) is 7.62. The highest BCUT2D eigenvalue weighted by molar-refractivity contribution is 5.91. The molecule has 0 radical (unpaired) electrons. The average molecular weight is 587 g/mol. The number of hydrogen-bond donors (Lipinski definition) is 2. The monoisotopic (exact) mass is 586 g/mol. The number of allylic oxidation sites excluding steroid dienone is 19. The van der Waals surface area contributed by atoms with Gasteiger partial charge in [0, 0.05) is 5.92 Å². The smallest absolute Gasteiger partial charge is 0.158 e. The minimum Gasteiger partial charge on any atom is -0.393 e. The standard InChI is InChI=1S/C40H58O3/c1-29(2)25-36(41)27-35(8)39(43)24-22-33(6)20-14-18-31(4)16-12-11-15-30(3)17-13-19-32(5)21-23-38-34(7)26-37(42)28-40(38,9)10/h11-24,29,35-37,41-42H,25-28H2,1-10H3. The molecule has 0 aromatic heterocycles. The van der Waals surface area contributed by atoms with Gasteiger partial charge in [-0.15, -0.1) is 0 Å². The molecular weight excluding hydrogens is 528 g/mol. The molecule has 0 saturated carbocycles. The van der Waals surface area contributed by atoms with E-state index in [0.29, 0.717) is 12.3 Å². The van der Waals surface area contributed by atoms with Crippen molar-refractivity contribution in [1.29, 1.82) is 0 Å². The lowest BCUT2D eigenvalue weighted by atomic mass is 9.71. The Bertz CT molecular complexity index is 1220. The largest absolute Gasteiger partial charge is 0.393 e. The van der Waals surface area contributed by atoms with E-state index in [2.05, 4.69) is 97.9 Å². The zero-order valence-corrected chi connectivity index (χ0v) is 28.5. The molecule has 0 bridgehead atoms. The highest BCUT2D eigenvalue weighted by Gasteiger charge is 2.31. The van der Waals surface area contributed by atoms with E-state index >= 15 is 0 Å². The number of carbonyl (C=O) groups is 1. The van der Waals surface area contributed by atoms with Crippen molar-refractivity contribution in [2.24, 2.45) is 17.3 Å². The molecule has 1 rings (SSSR count). The fourth-order valence-electron chi connectivity index (χ4n) is 5.28. The van der Waals surface area contributed by atoms with E-state index in [9.17, 15) is 15.0 Å². The Morgan fingerprint density at radius 1 is 0.791 bits per heavy atom. The first-order valence-corrected chi connectivity index (χ1v) is 15.8. The molecule has 1 aliphatic carbocycles. The molecule has 43 heavy (non-hydrogen) atoms. The summed E-state index contributed by atoms with van der Waals surface area (Å²) in [6.45, 7) is 20.8. The Labute approximate surface area is 263 Å². The highest BCUT2D eigenvalue weighted by Crippen LogP contribution is 2.41. The van der Waals surface area contributed by atoms with Crippen molar-refractivity contribution in [3.63, 3.8) is 0 Å². The Kier molecular flexibility index (Phi) is 17.1. The summed E-state index contributed by atoms with van der Waals surface area (Å²) < 4.78 is 0. The van der Waals surface area contributed by atoms with Gasteiger partial charge in [-0.25, -0.2) is 0 Å². The van der Waals surface area contributed by atoms with Crippen LogP contribution in [0.5, 0.6) is 0 Å². The Hall–Kier alpha value is -3.01.